The summed E-state index contributed by atoms with van der Waals surface area (Å²) in [5.41, 5.74) is 0.257. The molecule has 0 aliphatic heterocycles. The SMILES string of the molecule is CC1CCC(NC(=O)c2ccc(OCc3ccncc3)cc2)(C(=O)O)CC1. The molecule has 0 atom stereocenters. The molecule has 0 spiro atoms. The molecular weight excluding hydrogens is 344 g/mol. The second-order valence-electron chi connectivity index (χ2n) is 7.19. The first-order chi connectivity index (χ1) is 13.0. The van der Waals surface area contributed by atoms with Gasteiger partial charge >= 0.3 is 5.97 Å². The maximum atomic E-state index is 12.6. The summed E-state index contributed by atoms with van der Waals surface area (Å²) in [5, 5.41) is 12.4. The van der Waals surface area contributed by atoms with Gasteiger partial charge in [0.15, 0.2) is 0 Å². The molecule has 0 saturated heterocycles. The fourth-order valence-electron chi connectivity index (χ4n) is 3.28. The Morgan fingerprint density at radius 3 is 2.37 bits per heavy atom. The summed E-state index contributed by atoms with van der Waals surface area (Å²) in [6.45, 7) is 2.52. The average Bonchev–Trinajstić information content (AvgIpc) is 2.69. The molecule has 0 bridgehead atoms. The Balaban J connectivity index is 1.62. The first-order valence-corrected chi connectivity index (χ1v) is 9.16. The second kappa shape index (κ2) is 8.20. The number of benzene rings is 1. The Labute approximate surface area is 158 Å². The number of carboxylic acids is 1. The third kappa shape index (κ3) is 4.64. The minimum absolute atomic E-state index is 0.368. The summed E-state index contributed by atoms with van der Waals surface area (Å²) >= 11 is 0. The Morgan fingerprint density at radius 1 is 1.15 bits per heavy atom. The number of carbonyl (C=O) groups is 2. The van der Waals surface area contributed by atoms with Gasteiger partial charge in [0.05, 0.1) is 0 Å². The number of hydrogen-bond donors (Lipinski definition) is 2. The number of nitrogens with zero attached hydrogens (tertiary/aromatic N) is 1. The molecule has 2 aromatic rings. The van der Waals surface area contributed by atoms with Gasteiger partial charge in [0.25, 0.3) is 5.91 Å². The molecule has 0 radical (unpaired) electrons. The summed E-state index contributed by atoms with van der Waals surface area (Å²) in [6.07, 6.45) is 5.93. The van der Waals surface area contributed by atoms with Crippen LogP contribution in [0.15, 0.2) is 48.8 Å². The van der Waals surface area contributed by atoms with Gasteiger partial charge in [0.2, 0.25) is 0 Å². The Kier molecular flexibility index (Phi) is 5.74. The molecule has 0 unspecified atom stereocenters. The number of pyridine rings is 1. The Morgan fingerprint density at radius 2 is 1.78 bits per heavy atom. The number of rotatable bonds is 6. The average molecular weight is 368 g/mol. The van der Waals surface area contributed by atoms with E-state index in [4.69, 9.17) is 4.74 Å². The van der Waals surface area contributed by atoms with Gasteiger partial charge in [-0.2, -0.15) is 0 Å². The van der Waals surface area contributed by atoms with Crippen LogP contribution in [-0.2, 0) is 11.4 Å². The lowest BCUT2D eigenvalue weighted by Gasteiger charge is -2.36. The van der Waals surface area contributed by atoms with E-state index in [-0.39, 0.29) is 5.91 Å². The largest absolute Gasteiger partial charge is 0.489 e. The molecule has 1 amide bonds. The quantitative estimate of drug-likeness (QED) is 0.815. The first-order valence-electron chi connectivity index (χ1n) is 9.16. The van der Waals surface area contributed by atoms with Crippen molar-refractivity contribution in [2.75, 3.05) is 0 Å². The number of carbonyl (C=O) groups excluding carboxylic acids is 1. The zero-order valence-corrected chi connectivity index (χ0v) is 15.4. The maximum absolute atomic E-state index is 12.6. The van der Waals surface area contributed by atoms with Crippen molar-refractivity contribution in [1.29, 1.82) is 0 Å². The number of nitrogens with one attached hydrogen (secondary N) is 1. The van der Waals surface area contributed by atoms with Gasteiger partial charge in [-0.1, -0.05) is 6.92 Å². The lowest BCUT2D eigenvalue weighted by Crippen LogP contribution is -2.56. The molecule has 1 heterocycles. The van der Waals surface area contributed by atoms with Crippen LogP contribution >= 0.6 is 0 Å². The monoisotopic (exact) mass is 368 g/mol. The van der Waals surface area contributed by atoms with E-state index in [0.717, 1.165) is 18.4 Å². The second-order valence-corrected chi connectivity index (χ2v) is 7.19. The van der Waals surface area contributed by atoms with E-state index < -0.39 is 11.5 Å². The predicted octanol–water partition coefficient (Wildman–Crippen LogP) is 3.42. The zero-order valence-electron chi connectivity index (χ0n) is 15.4. The van der Waals surface area contributed by atoms with Crippen LogP contribution < -0.4 is 10.1 Å². The van der Waals surface area contributed by atoms with Gasteiger partial charge in [0.1, 0.15) is 17.9 Å². The van der Waals surface area contributed by atoms with Gasteiger partial charge in [0, 0.05) is 18.0 Å². The molecule has 1 saturated carbocycles. The lowest BCUT2D eigenvalue weighted by atomic mass is 9.77. The normalized spacial score (nSPS) is 22.0. The number of ether oxygens (including phenoxy) is 1. The van der Waals surface area contributed by atoms with Crippen molar-refractivity contribution in [2.45, 2.75) is 44.8 Å². The number of aliphatic carboxylic acids is 1. The van der Waals surface area contributed by atoms with Crippen molar-refractivity contribution in [2.24, 2.45) is 5.92 Å². The van der Waals surface area contributed by atoms with Crippen LogP contribution in [-0.4, -0.2) is 27.5 Å². The van der Waals surface area contributed by atoms with Crippen molar-refractivity contribution in [3.8, 4) is 5.75 Å². The topological polar surface area (TPSA) is 88.5 Å². The molecule has 3 rings (SSSR count). The summed E-state index contributed by atoms with van der Waals surface area (Å²) in [6, 6.07) is 10.5. The molecule has 27 heavy (non-hydrogen) atoms. The van der Waals surface area contributed by atoms with Crippen molar-refractivity contribution in [3.05, 3.63) is 59.9 Å². The van der Waals surface area contributed by atoms with E-state index in [1.807, 2.05) is 12.1 Å². The van der Waals surface area contributed by atoms with Gasteiger partial charge in [-0.05, 0) is 73.6 Å². The highest BCUT2D eigenvalue weighted by atomic mass is 16.5. The van der Waals surface area contributed by atoms with Gasteiger partial charge in [-0.3, -0.25) is 9.78 Å². The van der Waals surface area contributed by atoms with E-state index in [2.05, 4.69) is 17.2 Å². The van der Waals surface area contributed by atoms with Gasteiger partial charge < -0.3 is 15.2 Å². The molecule has 1 aromatic carbocycles. The Bertz CT molecular complexity index is 782. The summed E-state index contributed by atoms with van der Waals surface area (Å²) in [5.74, 6) is -0.193. The van der Waals surface area contributed by atoms with Crippen LogP contribution in [0.4, 0.5) is 0 Å². The molecule has 2 N–H and O–H groups in total. The van der Waals surface area contributed by atoms with Crippen molar-refractivity contribution in [1.82, 2.24) is 10.3 Å². The number of carboxylic acid groups (broad SMARTS) is 1. The lowest BCUT2D eigenvalue weighted by molar-refractivity contribution is -0.146. The van der Waals surface area contributed by atoms with Gasteiger partial charge in [-0.15, -0.1) is 0 Å². The van der Waals surface area contributed by atoms with E-state index in [0.29, 0.717) is 36.7 Å². The molecule has 1 aliphatic carbocycles. The minimum atomic E-state index is -1.17. The fourth-order valence-corrected chi connectivity index (χ4v) is 3.28. The molecule has 1 aliphatic rings. The van der Waals surface area contributed by atoms with Crippen molar-refractivity contribution >= 4 is 11.9 Å². The zero-order chi connectivity index (χ0) is 19.3. The summed E-state index contributed by atoms with van der Waals surface area (Å²) in [4.78, 5) is 28.3. The standard InChI is InChI=1S/C21H24N2O4/c1-15-6-10-21(11-7-15,20(25)26)23-19(24)17-2-4-18(5-3-17)27-14-16-8-12-22-13-9-16/h2-5,8-9,12-13,15H,6-7,10-11,14H2,1H3,(H,23,24)(H,25,26). The van der Waals surface area contributed by atoms with E-state index in [9.17, 15) is 14.7 Å². The van der Waals surface area contributed by atoms with Crippen LogP contribution in [0.3, 0.4) is 0 Å². The highest BCUT2D eigenvalue weighted by Crippen LogP contribution is 2.32. The first kappa shape index (κ1) is 18.9. The number of amides is 1. The van der Waals surface area contributed by atoms with E-state index in [1.54, 1.807) is 36.7 Å². The Hall–Kier alpha value is -2.89. The van der Waals surface area contributed by atoms with Gasteiger partial charge in [-0.25, -0.2) is 4.79 Å². The van der Waals surface area contributed by atoms with Crippen LogP contribution in [0.2, 0.25) is 0 Å². The highest BCUT2D eigenvalue weighted by molar-refractivity contribution is 5.98. The summed E-state index contributed by atoms with van der Waals surface area (Å²) in [7, 11) is 0. The van der Waals surface area contributed by atoms with Crippen LogP contribution in [0.1, 0.15) is 48.5 Å². The number of hydrogen-bond acceptors (Lipinski definition) is 4. The predicted molar refractivity (Wildman–Crippen MR) is 100 cm³/mol. The maximum Gasteiger partial charge on any atom is 0.329 e. The minimum Gasteiger partial charge on any atom is -0.489 e. The molecule has 1 aromatic heterocycles. The van der Waals surface area contributed by atoms with Crippen molar-refractivity contribution < 1.29 is 19.4 Å². The highest BCUT2D eigenvalue weighted by Gasteiger charge is 2.42. The van der Waals surface area contributed by atoms with Crippen LogP contribution in [0, 0.1) is 5.92 Å². The number of aromatic nitrogens is 1. The van der Waals surface area contributed by atoms with E-state index in [1.165, 1.54) is 0 Å². The third-order valence-corrected chi connectivity index (χ3v) is 5.16. The summed E-state index contributed by atoms with van der Waals surface area (Å²) < 4.78 is 5.69. The molecule has 1 fully saturated rings. The van der Waals surface area contributed by atoms with Crippen molar-refractivity contribution in [3.63, 3.8) is 0 Å². The molecule has 6 heteroatoms. The smallest absolute Gasteiger partial charge is 0.329 e. The molecular formula is C21H24N2O4. The molecule has 6 nitrogen and oxygen atoms in total. The van der Waals surface area contributed by atoms with Crippen LogP contribution in [0.5, 0.6) is 5.75 Å². The third-order valence-electron chi connectivity index (χ3n) is 5.16. The fraction of sp³-hybridized carbons (Fsp3) is 0.381. The molecule has 142 valence electrons. The van der Waals surface area contributed by atoms with E-state index >= 15 is 0 Å². The van der Waals surface area contributed by atoms with Crippen LogP contribution in [0.25, 0.3) is 0 Å².